The van der Waals surface area contributed by atoms with E-state index in [9.17, 15) is 14.4 Å². The molecule has 0 amide bonds. The first-order valence-electron chi connectivity index (χ1n) is 13.2. The second-order valence-corrected chi connectivity index (χ2v) is 11.3. The number of carbonyl (C=O) groups excluding carboxylic acids is 2. The molecule has 2 aliphatic heterocycles. The quantitative estimate of drug-likeness (QED) is 0.400. The molecular weight excluding hydrogens is 496 g/mol. The van der Waals surface area contributed by atoms with Gasteiger partial charge in [-0.1, -0.05) is 13.2 Å². The largest absolute Gasteiger partial charge is 0.481 e. The highest BCUT2D eigenvalue weighted by Crippen LogP contribution is 2.57. The van der Waals surface area contributed by atoms with Crippen LogP contribution in [0.5, 0.6) is 0 Å². The lowest BCUT2D eigenvalue weighted by Gasteiger charge is -2.17. The molecule has 10 atom stereocenters. The Morgan fingerprint density at radius 2 is 1.03 bits per heavy atom. The molecule has 4 bridgehead atoms. The first-order valence-corrected chi connectivity index (χ1v) is 13.2. The van der Waals surface area contributed by atoms with Crippen LogP contribution in [0.15, 0.2) is 24.3 Å². The van der Waals surface area contributed by atoms with Crippen LogP contribution in [-0.4, -0.2) is 58.9 Å². The summed E-state index contributed by atoms with van der Waals surface area (Å²) in [6, 6.07) is 0. The van der Waals surface area contributed by atoms with Gasteiger partial charge in [0.05, 0.1) is 12.2 Å². The number of ether oxygens (including phenoxy) is 4. The summed E-state index contributed by atoms with van der Waals surface area (Å²) in [5.74, 6) is 1.67. The van der Waals surface area contributed by atoms with Crippen molar-refractivity contribution in [3.8, 4) is 0 Å². The van der Waals surface area contributed by atoms with E-state index in [0.29, 0.717) is 41.5 Å². The number of carbonyl (C=O) groups is 4. The molecule has 4 aliphatic carbocycles. The normalized spacial score (nSPS) is 37.5. The SMILES string of the molecule is C=C(C)C(=O)O.C=C(C)C(=O)OC1OC2CC3CC2C1C3.CC(=O)O.CC(=O)OC1OC2CC3CC2C1C3. The summed E-state index contributed by atoms with van der Waals surface area (Å²) in [6.45, 7) is 12.4. The average Bonchev–Trinajstić information content (AvgIpc) is 3.60. The van der Waals surface area contributed by atoms with E-state index in [1.807, 2.05) is 0 Å². The van der Waals surface area contributed by atoms with Crippen molar-refractivity contribution in [2.75, 3.05) is 0 Å². The van der Waals surface area contributed by atoms with Gasteiger partial charge in [0.15, 0.2) is 0 Å². The van der Waals surface area contributed by atoms with Gasteiger partial charge in [-0.2, -0.15) is 0 Å². The Morgan fingerprint density at radius 3 is 1.32 bits per heavy atom. The van der Waals surface area contributed by atoms with E-state index < -0.39 is 11.9 Å². The van der Waals surface area contributed by atoms with E-state index in [2.05, 4.69) is 13.2 Å². The second-order valence-electron chi connectivity index (χ2n) is 11.3. The highest BCUT2D eigenvalue weighted by atomic mass is 16.7. The van der Waals surface area contributed by atoms with Gasteiger partial charge in [-0.3, -0.25) is 9.59 Å². The van der Waals surface area contributed by atoms with Gasteiger partial charge in [0.2, 0.25) is 12.6 Å². The summed E-state index contributed by atoms with van der Waals surface area (Å²) in [6.07, 6.45) is 7.56. The van der Waals surface area contributed by atoms with Crippen molar-refractivity contribution in [3.05, 3.63) is 24.3 Å². The van der Waals surface area contributed by atoms with Crippen molar-refractivity contribution in [2.24, 2.45) is 35.5 Å². The molecule has 0 radical (unpaired) electrons. The van der Waals surface area contributed by atoms with Gasteiger partial charge in [-0.15, -0.1) is 0 Å². The molecule has 38 heavy (non-hydrogen) atoms. The fourth-order valence-corrected chi connectivity index (χ4v) is 6.76. The maximum Gasteiger partial charge on any atom is 0.335 e. The van der Waals surface area contributed by atoms with Gasteiger partial charge in [0.1, 0.15) is 0 Å². The molecule has 212 valence electrons. The summed E-state index contributed by atoms with van der Waals surface area (Å²) in [4.78, 5) is 40.8. The lowest BCUT2D eigenvalue weighted by molar-refractivity contribution is -0.177. The molecule has 6 fully saturated rings. The van der Waals surface area contributed by atoms with Gasteiger partial charge < -0.3 is 29.2 Å². The standard InChI is InChI=1S/C12H16O3.C10H14O3.C4H6O2.C2H4O2/c1-6(2)11(13)15-12-9-4-7-3-8(9)10(5-7)14-12;1-5(11)12-10-8-3-6-2-7(8)9(4-6)13-10;1-3(2)4(5)6;1-2(3)4/h7-10,12H,1,3-5H2,2H3;6-10H,2-4H2,1H3;1H2,2H3,(H,5,6);1H3,(H,3,4). The lowest BCUT2D eigenvalue weighted by Crippen LogP contribution is -2.24. The van der Waals surface area contributed by atoms with E-state index in [1.165, 1.54) is 52.4 Å². The zero-order valence-corrected chi connectivity index (χ0v) is 22.6. The van der Waals surface area contributed by atoms with Gasteiger partial charge >= 0.3 is 17.9 Å². The Bertz CT molecular complexity index is 937. The number of fused-ring (bicyclic) bond motifs is 2. The Kier molecular flexibility index (Phi) is 9.75. The smallest absolute Gasteiger partial charge is 0.335 e. The Balaban J connectivity index is 0.000000158. The number of hydrogen-bond donors (Lipinski definition) is 2. The molecule has 2 N–H and O–H groups in total. The molecule has 2 heterocycles. The van der Waals surface area contributed by atoms with Crippen LogP contribution in [0.25, 0.3) is 0 Å². The minimum absolute atomic E-state index is 0.176. The Labute approximate surface area is 223 Å². The predicted octanol–water partition coefficient (Wildman–Crippen LogP) is 3.94. The number of rotatable bonds is 4. The molecule has 2 saturated heterocycles. The van der Waals surface area contributed by atoms with Gasteiger partial charge in [0, 0.05) is 36.8 Å². The first kappa shape index (κ1) is 29.8. The number of aliphatic carboxylic acids is 2. The van der Waals surface area contributed by atoms with Crippen molar-refractivity contribution in [1.29, 1.82) is 0 Å². The van der Waals surface area contributed by atoms with Crippen molar-refractivity contribution in [3.63, 3.8) is 0 Å². The van der Waals surface area contributed by atoms with Crippen LogP contribution in [0.1, 0.15) is 66.2 Å². The first-order chi connectivity index (χ1) is 17.8. The van der Waals surface area contributed by atoms with Crippen molar-refractivity contribution >= 4 is 23.9 Å². The second kappa shape index (κ2) is 12.4. The van der Waals surface area contributed by atoms with Crippen LogP contribution >= 0.6 is 0 Å². The Hall–Kier alpha value is -2.72. The van der Waals surface area contributed by atoms with E-state index in [1.54, 1.807) is 6.92 Å². The van der Waals surface area contributed by atoms with Gasteiger partial charge in [-0.25, -0.2) is 9.59 Å². The zero-order valence-electron chi connectivity index (χ0n) is 22.6. The number of carboxylic acids is 2. The molecule has 0 aromatic heterocycles. The van der Waals surface area contributed by atoms with E-state index >= 15 is 0 Å². The van der Waals surface area contributed by atoms with Crippen LogP contribution in [-0.2, 0) is 38.1 Å². The third-order valence-electron chi connectivity index (χ3n) is 8.14. The highest BCUT2D eigenvalue weighted by molar-refractivity contribution is 5.87. The molecule has 10 nitrogen and oxygen atoms in total. The van der Waals surface area contributed by atoms with Crippen molar-refractivity contribution < 1.29 is 48.3 Å². The monoisotopic (exact) mass is 536 g/mol. The Morgan fingerprint density at radius 1 is 0.658 bits per heavy atom. The third-order valence-corrected chi connectivity index (χ3v) is 8.14. The van der Waals surface area contributed by atoms with Crippen LogP contribution < -0.4 is 0 Å². The molecule has 6 rings (SSSR count). The van der Waals surface area contributed by atoms with Gasteiger partial charge in [0.25, 0.3) is 5.97 Å². The van der Waals surface area contributed by atoms with Gasteiger partial charge in [-0.05, 0) is 76.0 Å². The van der Waals surface area contributed by atoms with E-state index in [-0.39, 0.29) is 30.1 Å². The summed E-state index contributed by atoms with van der Waals surface area (Å²) in [7, 11) is 0. The predicted molar refractivity (Wildman–Crippen MR) is 134 cm³/mol. The number of carboxylic acid groups (broad SMARTS) is 2. The van der Waals surface area contributed by atoms with E-state index in [0.717, 1.165) is 18.8 Å². The van der Waals surface area contributed by atoms with Crippen LogP contribution in [0.2, 0.25) is 0 Å². The highest BCUT2D eigenvalue weighted by Gasteiger charge is 2.58. The molecule has 6 aliphatic rings. The van der Waals surface area contributed by atoms with Crippen molar-refractivity contribution in [2.45, 2.75) is 91.0 Å². The molecule has 10 heteroatoms. The van der Waals surface area contributed by atoms with Crippen molar-refractivity contribution in [1.82, 2.24) is 0 Å². The summed E-state index contributed by atoms with van der Waals surface area (Å²) in [5.41, 5.74) is 0.627. The topological polar surface area (TPSA) is 146 Å². The van der Waals surface area contributed by atoms with Crippen LogP contribution in [0, 0.1) is 35.5 Å². The zero-order chi connectivity index (χ0) is 28.3. The lowest BCUT2D eigenvalue weighted by atomic mass is 9.89. The summed E-state index contributed by atoms with van der Waals surface area (Å²) < 4.78 is 22.0. The maximum atomic E-state index is 11.4. The molecule has 0 aromatic carbocycles. The molecule has 4 saturated carbocycles. The fourth-order valence-electron chi connectivity index (χ4n) is 6.76. The van der Waals surface area contributed by atoms with Crippen LogP contribution in [0.4, 0.5) is 0 Å². The van der Waals surface area contributed by atoms with Crippen LogP contribution in [0.3, 0.4) is 0 Å². The number of esters is 2. The molecule has 0 aromatic rings. The summed E-state index contributed by atoms with van der Waals surface area (Å²) in [5, 5.41) is 15.3. The molecule has 0 spiro atoms. The summed E-state index contributed by atoms with van der Waals surface area (Å²) >= 11 is 0. The minimum atomic E-state index is -0.935. The average molecular weight is 537 g/mol. The maximum absolute atomic E-state index is 11.4. The molecular formula is C28H40O10. The fraction of sp³-hybridized carbons (Fsp3) is 0.714. The third kappa shape index (κ3) is 7.22. The van der Waals surface area contributed by atoms with E-state index in [4.69, 9.17) is 34.0 Å². The molecule has 10 unspecified atom stereocenters. The number of hydrogen-bond acceptors (Lipinski definition) is 8. The minimum Gasteiger partial charge on any atom is -0.481 e.